The Morgan fingerprint density at radius 3 is 2.44 bits per heavy atom. The number of ketones is 1. The van der Waals surface area contributed by atoms with Crippen molar-refractivity contribution in [3.63, 3.8) is 0 Å². The van der Waals surface area contributed by atoms with Crippen LogP contribution in [0.2, 0.25) is 0 Å². The van der Waals surface area contributed by atoms with Crippen molar-refractivity contribution in [2.24, 2.45) is 0 Å². The molecule has 3 aromatic rings. The molecule has 0 aliphatic rings. The average Bonchev–Trinajstić information content (AvgIpc) is 3.28. The SMILES string of the molecule is CCCCCCCC/C=C/C(=O)c1cn(CCCC(=O)OCc2ccc(OC)cc2)c2ccccc12. The fourth-order valence-corrected chi connectivity index (χ4v) is 4.30. The molecule has 0 fully saturated rings. The van der Waals surface area contributed by atoms with Gasteiger partial charge in [-0.05, 0) is 49.1 Å². The summed E-state index contributed by atoms with van der Waals surface area (Å²) >= 11 is 0. The van der Waals surface area contributed by atoms with Crippen LogP contribution in [0.5, 0.6) is 5.75 Å². The number of nitrogens with zero attached hydrogens (tertiary/aromatic N) is 1. The Hall–Kier alpha value is -3.34. The highest BCUT2D eigenvalue weighted by Gasteiger charge is 2.13. The third-order valence-corrected chi connectivity index (χ3v) is 6.39. The normalized spacial score (nSPS) is 11.3. The zero-order valence-electron chi connectivity index (χ0n) is 21.7. The number of fused-ring (bicyclic) bond motifs is 1. The molecule has 192 valence electrons. The molecule has 1 aromatic heterocycles. The van der Waals surface area contributed by atoms with Gasteiger partial charge in [0.2, 0.25) is 0 Å². The number of esters is 1. The van der Waals surface area contributed by atoms with Crippen molar-refractivity contribution in [3.05, 3.63) is 78.0 Å². The second-order valence-electron chi connectivity index (χ2n) is 9.19. The monoisotopic (exact) mass is 489 g/mol. The lowest BCUT2D eigenvalue weighted by Crippen LogP contribution is -2.06. The lowest BCUT2D eigenvalue weighted by molar-refractivity contribution is -0.145. The Balaban J connectivity index is 1.48. The zero-order chi connectivity index (χ0) is 25.6. The molecule has 1 heterocycles. The summed E-state index contributed by atoms with van der Waals surface area (Å²) in [4.78, 5) is 25.1. The molecule has 0 radical (unpaired) electrons. The number of aromatic nitrogens is 1. The van der Waals surface area contributed by atoms with E-state index < -0.39 is 0 Å². The first-order valence-corrected chi connectivity index (χ1v) is 13.2. The van der Waals surface area contributed by atoms with Crippen LogP contribution in [-0.2, 0) is 22.7 Å². The molecule has 0 spiro atoms. The number of aryl methyl sites for hydroxylation is 1. The lowest BCUT2D eigenvalue weighted by Gasteiger charge is -2.07. The van der Waals surface area contributed by atoms with Gasteiger partial charge in [0.1, 0.15) is 12.4 Å². The maximum Gasteiger partial charge on any atom is 0.306 e. The number of hydrogen-bond donors (Lipinski definition) is 0. The topological polar surface area (TPSA) is 57.5 Å². The van der Waals surface area contributed by atoms with Crippen molar-refractivity contribution in [2.75, 3.05) is 7.11 Å². The molecule has 0 aliphatic heterocycles. The van der Waals surface area contributed by atoms with Gasteiger partial charge in [0.05, 0.1) is 7.11 Å². The van der Waals surface area contributed by atoms with Gasteiger partial charge in [-0.25, -0.2) is 0 Å². The smallest absolute Gasteiger partial charge is 0.306 e. The summed E-state index contributed by atoms with van der Waals surface area (Å²) in [5, 5.41) is 0.953. The highest BCUT2D eigenvalue weighted by atomic mass is 16.5. The first-order valence-electron chi connectivity index (χ1n) is 13.2. The summed E-state index contributed by atoms with van der Waals surface area (Å²) in [6.07, 6.45) is 15.1. The number of rotatable bonds is 16. The number of para-hydroxylation sites is 1. The fraction of sp³-hybridized carbons (Fsp3) is 0.419. The molecule has 0 atom stereocenters. The Morgan fingerprint density at radius 2 is 1.67 bits per heavy atom. The van der Waals surface area contributed by atoms with Crippen LogP contribution in [0.4, 0.5) is 0 Å². The van der Waals surface area contributed by atoms with Crippen molar-refractivity contribution in [1.29, 1.82) is 0 Å². The minimum atomic E-state index is -0.226. The number of methoxy groups -OCH3 is 1. The standard InChI is InChI=1S/C31H39NO4/c1-3-4-5-6-7-8-9-10-16-30(33)28-23-32(29-15-12-11-14-27(28)29)22-13-17-31(34)36-24-25-18-20-26(35-2)21-19-25/h10-12,14-16,18-21,23H,3-9,13,17,22,24H2,1-2H3/b16-10+. The van der Waals surface area contributed by atoms with Gasteiger partial charge in [-0.2, -0.15) is 0 Å². The maximum atomic E-state index is 12.9. The Morgan fingerprint density at radius 1 is 0.917 bits per heavy atom. The molecule has 0 saturated carbocycles. The zero-order valence-corrected chi connectivity index (χ0v) is 21.7. The molecule has 5 nitrogen and oxygen atoms in total. The molecule has 0 unspecified atom stereocenters. The number of unbranched alkanes of at least 4 members (excludes halogenated alkanes) is 6. The van der Waals surface area contributed by atoms with Gasteiger partial charge in [-0.15, -0.1) is 0 Å². The summed E-state index contributed by atoms with van der Waals surface area (Å²) in [6, 6.07) is 15.4. The number of hydrogen-bond acceptors (Lipinski definition) is 4. The van der Waals surface area contributed by atoms with Gasteiger partial charge in [0.25, 0.3) is 0 Å². The highest BCUT2D eigenvalue weighted by Crippen LogP contribution is 2.23. The van der Waals surface area contributed by atoms with E-state index in [1.165, 1.54) is 32.1 Å². The molecular weight excluding hydrogens is 450 g/mol. The Kier molecular flexibility index (Phi) is 11.3. The molecule has 2 aromatic carbocycles. The van der Waals surface area contributed by atoms with E-state index in [-0.39, 0.29) is 18.4 Å². The molecule has 5 heteroatoms. The quantitative estimate of drug-likeness (QED) is 0.0897. The van der Waals surface area contributed by atoms with Crippen molar-refractivity contribution >= 4 is 22.7 Å². The van der Waals surface area contributed by atoms with Crippen molar-refractivity contribution < 1.29 is 19.1 Å². The Labute approximate surface area is 215 Å². The predicted octanol–water partition coefficient (Wildman–Crippen LogP) is 7.66. The van der Waals surface area contributed by atoms with Crippen molar-refractivity contribution in [3.8, 4) is 5.75 Å². The third-order valence-electron chi connectivity index (χ3n) is 6.39. The maximum absolute atomic E-state index is 12.9. The van der Waals surface area contributed by atoms with Crippen LogP contribution in [0, 0.1) is 0 Å². The van der Waals surface area contributed by atoms with Gasteiger partial charge in [0.15, 0.2) is 5.78 Å². The largest absolute Gasteiger partial charge is 0.497 e. The fourth-order valence-electron chi connectivity index (χ4n) is 4.30. The molecule has 0 N–H and O–H groups in total. The first-order chi connectivity index (χ1) is 17.6. The van der Waals surface area contributed by atoms with E-state index in [0.717, 1.165) is 35.1 Å². The van der Waals surface area contributed by atoms with Crippen LogP contribution in [-0.4, -0.2) is 23.4 Å². The molecule has 0 amide bonds. The number of benzene rings is 2. The minimum absolute atomic E-state index is 0.0369. The lowest BCUT2D eigenvalue weighted by atomic mass is 10.1. The number of ether oxygens (including phenoxy) is 2. The molecule has 36 heavy (non-hydrogen) atoms. The predicted molar refractivity (Wildman–Crippen MR) is 145 cm³/mol. The molecular formula is C31H39NO4. The van der Waals surface area contributed by atoms with Crippen LogP contribution in [0.1, 0.15) is 80.6 Å². The summed E-state index contributed by atoms with van der Waals surface area (Å²) in [5.41, 5.74) is 2.65. The summed E-state index contributed by atoms with van der Waals surface area (Å²) < 4.78 is 12.6. The van der Waals surface area contributed by atoms with Crippen LogP contribution in [0.3, 0.4) is 0 Å². The van der Waals surface area contributed by atoms with Crippen molar-refractivity contribution in [1.82, 2.24) is 4.57 Å². The van der Waals surface area contributed by atoms with Gasteiger partial charge < -0.3 is 14.0 Å². The minimum Gasteiger partial charge on any atom is -0.497 e. The van der Waals surface area contributed by atoms with E-state index in [9.17, 15) is 9.59 Å². The van der Waals surface area contributed by atoms with E-state index in [0.29, 0.717) is 24.9 Å². The third kappa shape index (κ3) is 8.40. The highest BCUT2D eigenvalue weighted by molar-refractivity contribution is 6.13. The van der Waals surface area contributed by atoms with Crippen LogP contribution in [0.15, 0.2) is 66.9 Å². The summed E-state index contributed by atoms with van der Waals surface area (Å²) in [5.74, 6) is 0.584. The molecule has 0 aliphatic carbocycles. The number of carbonyl (C=O) groups excluding carboxylic acids is 2. The van der Waals surface area contributed by atoms with E-state index in [1.54, 1.807) is 13.2 Å². The second-order valence-corrected chi connectivity index (χ2v) is 9.19. The van der Waals surface area contributed by atoms with E-state index in [4.69, 9.17) is 9.47 Å². The average molecular weight is 490 g/mol. The first kappa shape index (κ1) is 27.3. The molecule has 0 saturated heterocycles. The molecule has 0 bridgehead atoms. The number of allylic oxidation sites excluding steroid dienone is 2. The second kappa shape index (κ2) is 14.9. The van der Waals surface area contributed by atoms with Gasteiger partial charge in [-0.1, -0.05) is 75.4 Å². The van der Waals surface area contributed by atoms with Gasteiger partial charge in [0, 0.05) is 35.6 Å². The van der Waals surface area contributed by atoms with E-state index >= 15 is 0 Å². The van der Waals surface area contributed by atoms with Gasteiger partial charge >= 0.3 is 5.97 Å². The van der Waals surface area contributed by atoms with E-state index in [1.807, 2.05) is 60.8 Å². The summed E-state index contributed by atoms with van der Waals surface area (Å²) in [7, 11) is 1.62. The Bertz CT molecular complexity index is 1130. The van der Waals surface area contributed by atoms with Crippen molar-refractivity contribution in [2.45, 2.75) is 77.9 Å². The van der Waals surface area contributed by atoms with E-state index in [2.05, 4.69) is 11.5 Å². The van der Waals surface area contributed by atoms with Gasteiger partial charge in [-0.3, -0.25) is 9.59 Å². The van der Waals surface area contributed by atoms with Crippen LogP contribution < -0.4 is 4.74 Å². The molecule has 3 rings (SSSR count). The van der Waals surface area contributed by atoms with Crippen LogP contribution in [0.25, 0.3) is 10.9 Å². The summed E-state index contributed by atoms with van der Waals surface area (Å²) in [6.45, 7) is 3.12. The number of carbonyl (C=O) groups is 2. The van der Waals surface area contributed by atoms with Crippen LogP contribution >= 0.6 is 0 Å².